The molecule has 0 unspecified atom stereocenters. The topological polar surface area (TPSA) is 83.5 Å². The molecule has 0 bridgehead atoms. The van der Waals surface area contributed by atoms with Crippen LogP contribution in [0.1, 0.15) is 38.8 Å². The van der Waals surface area contributed by atoms with Crippen LogP contribution in [-0.2, 0) is 4.79 Å². The van der Waals surface area contributed by atoms with Crippen molar-refractivity contribution in [2.75, 3.05) is 5.32 Å². The smallest absolute Gasteiger partial charge is 0.336 e. The van der Waals surface area contributed by atoms with Gasteiger partial charge in [0.1, 0.15) is 0 Å². The van der Waals surface area contributed by atoms with E-state index >= 15 is 0 Å². The minimum absolute atomic E-state index is 0.111. The molecule has 1 aromatic rings. The molecule has 1 aromatic carbocycles. The number of carbonyl (C=O) groups is 3. The van der Waals surface area contributed by atoms with E-state index in [0.29, 0.717) is 17.4 Å². The first-order chi connectivity index (χ1) is 10.8. The Morgan fingerprint density at radius 1 is 1.13 bits per heavy atom. The van der Waals surface area contributed by atoms with Crippen LogP contribution in [0, 0.1) is 13.8 Å². The average molecular weight is 311 g/mol. The third-order valence-corrected chi connectivity index (χ3v) is 3.56. The molecule has 3 rings (SSSR count). The van der Waals surface area contributed by atoms with Gasteiger partial charge in [-0.25, -0.2) is 4.79 Å². The Hall–Kier alpha value is -2.95. The van der Waals surface area contributed by atoms with Crippen molar-refractivity contribution in [1.82, 2.24) is 0 Å². The Kier molecular flexibility index (Phi) is 4.60. The standard InChI is InChI=1S/C12H13NO4.C6H4/c1-6-4-9(5-14)11(13-8(3)15)7(2)10(6)12(16)17;1-2-5-4-6(5)3-1/h4-5H,1-3H3,(H,13,15)(H,16,17);1-4H. The van der Waals surface area contributed by atoms with Crippen LogP contribution in [0.5, 0.6) is 0 Å². The summed E-state index contributed by atoms with van der Waals surface area (Å²) in [5, 5.41) is 11.5. The molecule has 1 amide bonds. The number of amides is 1. The van der Waals surface area contributed by atoms with E-state index in [1.165, 1.54) is 24.1 Å². The Balaban J connectivity index is 0.000000260. The summed E-state index contributed by atoms with van der Waals surface area (Å²) in [6.07, 6.45) is 0.594. The zero-order valence-electron chi connectivity index (χ0n) is 13.1. The largest absolute Gasteiger partial charge is 0.478 e. The minimum atomic E-state index is -1.08. The highest BCUT2D eigenvalue weighted by molar-refractivity contribution is 6.01. The number of carboxylic acids is 1. The molecule has 2 N–H and O–H groups in total. The number of aldehydes is 1. The first-order valence-electron chi connectivity index (χ1n) is 7.05. The SMILES string of the molecule is CC(=O)Nc1c(C=O)cc(C)c(C(=O)O)c1C.c1cc2cc-2c1. The lowest BCUT2D eigenvalue weighted by Crippen LogP contribution is -2.13. The Morgan fingerprint density at radius 3 is 2.09 bits per heavy atom. The normalized spacial score (nSPS) is 10.2. The van der Waals surface area contributed by atoms with E-state index in [9.17, 15) is 14.4 Å². The van der Waals surface area contributed by atoms with Crippen molar-refractivity contribution >= 4 is 23.9 Å². The van der Waals surface area contributed by atoms with Crippen molar-refractivity contribution in [3.05, 3.63) is 52.6 Å². The molecule has 0 heterocycles. The van der Waals surface area contributed by atoms with Gasteiger partial charge in [0.25, 0.3) is 0 Å². The molecular formula is C18H17NO4. The Morgan fingerprint density at radius 2 is 1.74 bits per heavy atom. The summed E-state index contributed by atoms with van der Waals surface area (Å²) in [6.45, 7) is 4.48. The number of aromatic carboxylic acids is 1. The summed E-state index contributed by atoms with van der Waals surface area (Å²) in [4.78, 5) is 33.0. The van der Waals surface area contributed by atoms with E-state index in [-0.39, 0.29) is 22.7 Å². The predicted octanol–water partition coefficient (Wildman–Crippen LogP) is 3.44. The van der Waals surface area contributed by atoms with E-state index < -0.39 is 5.97 Å². The van der Waals surface area contributed by atoms with Crippen molar-refractivity contribution in [2.45, 2.75) is 20.8 Å². The van der Waals surface area contributed by atoms with Crippen LogP contribution < -0.4 is 5.32 Å². The number of benzene rings is 2. The highest BCUT2D eigenvalue weighted by atomic mass is 16.4. The molecule has 0 radical (unpaired) electrons. The van der Waals surface area contributed by atoms with E-state index in [4.69, 9.17) is 5.11 Å². The van der Waals surface area contributed by atoms with Gasteiger partial charge in [-0.1, -0.05) is 18.2 Å². The second kappa shape index (κ2) is 6.44. The molecule has 118 valence electrons. The lowest BCUT2D eigenvalue weighted by Gasteiger charge is -2.14. The quantitative estimate of drug-likeness (QED) is 0.726. The zero-order chi connectivity index (χ0) is 17.1. The van der Waals surface area contributed by atoms with Crippen LogP contribution in [0.25, 0.3) is 11.1 Å². The number of fused-ring (bicyclic) bond motifs is 1. The van der Waals surface area contributed by atoms with E-state index in [0.717, 1.165) is 0 Å². The number of anilines is 1. The van der Waals surface area contributed by atoms with Gasteiger partial charge in [0.2, 0.25) is 5.91 Å². The maximum Gasteiger partial charge on any atom is 0.336 e. The molecule has 0 aliphatic heterocycles. The zero-order valence-corrected chi connectivity index (χ0v) is 13.1. The first kappa shape index (κ1) is 16.4. The Labute approximate surface area is 134 Å². The summed E-state index contributed by atoms with van der Waals surface area (Å²) < 4.78 is 0. The van der Waals surface area contributed by atoms with Crippen LogP contribution in [0.3, 0.4) is 0 Å². The van der Waals surface area contributed by atoms with E-state index in [1.54, 1.807) is 13.8 Å². The molecule has 0 fully saturated rings. The van der Waals surface area contributed by atoms with Gasteiger partial charge in [-0.3, -0.25) is 9.59 Å². The van der Waals surface area contributed by atoms with Gasteiger partial charge in [0, 0.05) is 12.5 Å². The maximum atomic E-state index is 11.1. The number of rotatable bonds is 3. The number of carboxylic acid groups (broad SMARTS) is 1. The predicted molar refractivity (Wildman–Crippen MR) is 88.0 cm³/mol. The molecule has 5 nitrogen and oxygen atoms in total. The van der Waals surface area contributed by atoms with Crippen LogP contribution >= 0.6 is 0 Å². The lowest BCUT2D eigenvalue weighted by molar-refractivity contribution is -0.114. The molecule has 0 spiro atoms. The summed E-state index contributed by atoms with van der Waals surface area (Å²) in [7, 11) is 0. The van der Waals surface area contributed by atoms with Crippen LogP contribution in [-0.4, -0.2) is 23.3 Å². The molecule has 0 aromatic heterocycles. The van der Waals surface area contributed by atoms with Crippen molar-refractivity contribution in [3.63, 3.8) is 0 Å². The van der Waals surface area contributed by atoms with Gasteiger partial charge in [-0.15, -0.1) is 0 Å². The van der Waals surface area contributed by atoms with Crippen molar-refractivity contribution < 1.29 is 19.5 Å². The third-order valence-electron chi connectivity index (χ3n) is 3.56. The first-order valence-corrected chi connectivity index (χ1v) is 7.05. The molecule has 23 heavy (non-hydrogen) atoms. The molecule has 0 atom stereocenters. The van der Waals surface area contributed by atoms with Gasteiger partial charge in [0.05, 0.1) is 11.3 Å². The second-order valence-corrected chi connectivity index (χ2v) is 5.34. The van der Waals surface area contributed by atoms with Gasteiger partial charge < -0.3 is 10.4 Å². The number of nitrogens with one attached hydrogen (secondary N) is 1. The fraction of sp³-hybridized carbons (Fsp3) is 0.167. The van der Waals surface area contributed by atoms with E-state index in [1.807, 2.05) is 0 Å². The van der Waals surface area contributed by atoms with Gasteiger partial charge in [0.15, 0.2) is 6.29 Å². The number of hydrogen-bond donors (Lipinski definition) is 2. The van der Waals surface area contributed by atoms with Crippen LogP contribution in [0.15, 0.2) is 30.3 Å². The molecule has 0 saturated heterocycles. The summed E-state index contributed by atoms with van der Waals surface area (Å²) in [5.41, 5.74) is 4.38. The van der Waals surface area contributed by atoms with Crippen LogP contribution in [0.2, 0.25) is 0 Å². The number of hydrogen-bond acceptors (Lipinski definition) is 3. The molecule has 2 aliphatic carbocycles. The Bertz CT molecular complexity index is 792. The lowest BCUT2D eigenvalue weighted by atomic mass is 9.97. The molecule has 2 aliphatic rings. The number of aryl methyl sites for hydroxylation is 1. The van der Waals surface area contributed by atoms with Gasteiger partial charge in [-0.05, 0) is 48.2 Å². The van der Waals surface area contributed by atoms with Crippen molar-refractivity contribution in [2.24, 2.45) is 0 Å². The van der Waals surface area contributed by atoms with Crippen molar-refractivity contribution in [3.8, 4) is 11.1 Å². The fourth-order valence-corrected chi connectivity index (χ4v) is 2.45. The van der Waals surface area contributed by atoms with Crippen LogP contribution in [0.4, 0.5) is 5.69 Å². The molecular weight excluding hydrogens is 294 g/mol. The minimum Gasteiger partial charge on any atom is -0.478 e. The van der Waals surface area contributed by atoms with E-state index in [2.05, 4.69) is 29.6 Å². The highest BCUT2D eigenvalue weighted by Crippen LogP contribution is 2.32. The van der Waals surface area contributed by atoms with Gasteiger partial charge >= 0.3 is 5.97 Å². The monoisotopic (exact) mass is 311 g/mol. The fourth-order valence-electron chi connectivity index (χ4n) is 2.45. The maximum absolute atomic E-state index is 11.1. The van der Waals surface area contributed by atoms with Crippen molar-refractivity contribution in [1.29, 1.82) is 0 Å². The highest BCUT2D eigenvalue weighted by Gasteiger charge is 2.18. The molecule has 5 heteroatoms. The second-order valence-electron chi connectivity index (χ2n) is 5.34. The summed E-state index contributed by atoms with van der Waals surface area (Å²) in [5.74, 6) is -1.43. The summed E-state index contributed by atoms with van der Waals surface area (Å²) in [6, 6.07) is 9.93. The third kappa shape index (κ3) is 3.63. The molecule has 0 saturated carbocycles. The number of carbonyl (C=O) groups excluding carboxylic acids is 2. The van der Waals surface area contributed by atoms with Gasteiger partial charge in [-0.2, -0.15) is 0 Å². The average Bonchev–Trinajstić information content (AvgIpc) is 3.07. The summed E-state index contributed by atoms with van der Waals surface area (Å²) >= 11 is 0.